The maximum Gasteiger partial charge on any atom is 0.387 e. The minimum Gasteiger partial charge on any atom is -0.465 e. The topological polar surface area (TPSA) is 35.5 Å². The summed E-state index contributed by atoms with van der Waals surface area (Å²) in [6.45, 7) is -2.89. The van der Waals surface area contributed by atoms with Gasteiger partial charge in [-0.2, -0.15) is 8.78 Å². The quantitative estimate of drug-likeness (QED) is 0.793. The summed E-state index contributed by atoms with van der Waals surface area (Å²) in [7, 11) is 1.29. The fourth-order valence-corrected chi connectivity index (χ4v) is 3.02. The predicted octanol–water partition coefficient (Wildman–Crippen LogP) is 4.05. The molecule has 0 atom stereocenters. The molecule has 7 heteroatoms. The van der Waals surface area contributed by atoms with Gasteiger partial charge in [0.15, 0.2) is 0 Å². The van der Waals surface area contributed by atoms with Gasteiger partial charge in [-0.3, -0.25) is 0 Å². The third-order valence-corrected chi connectivity index (χ3v) is 3.87. The van der Waals surface area contributed by atoms with Gasteiger partial charge in [-0.05, 0) is 39.5 Å². The summed E-state index contributed by atoms with van der Waals surface area (Å²) in [4.78, 5) is 11.8. The van der Waals surface area contributed by atoms with Crippen molar-refractivity contribution in [2.75, 3.05) is 7.11 Å². The van der Waals surface area contributed by atoms with Crippen molar-refractivity contribution in [3.05, 3.63) is 27.5 Å². The fraction of sp³-hybridized carbons (Fsp3) is 0.182. The Hall–Kier alpha value is -1.21. The zero-order chi connectivity index (χ0) is 13.3. The van der Waals surface area contributed by atoms with Gasteiger partial charge >= 0.3 is 12.6 Å². The maximum absolute atomic E-state index is 12.2. The second-order valence-corrected chi connectivity index (χ2v) is 5.24. The Morgan fingerprint density at radius 1 is 1.39 bits per heavy atom. The number of carbonyl (C=O) groups is 1. The van der Waals surface area contributed by atoms with Crippen LogP contribution < -0.4 is 4.74 Å². The Morgan fingerprint density at radius 3 is 2.72 bits per heavy atom. The molecule has 0 saturated carbocycles. The molecule has 0 saturated heterocycles. The van der Waals surface area contributed by atoms with E-state index < -0.39 is 12.6 Å². The highest BCUT2D eigenvalue weighted by Crippen LogP contribution is 2.35. The molecule has 0 spiro atoms. The van der Waals surface area contributed by atoms with Crippen molar-refractivity contribution in [2.45, 2.75) is 6.61 Å². The Balaban J connectivity index is 2.47. The van der Waals surface area contributed by atoms with Crippen LogP contribution in [0.1, 0.15) is 9.67 Å². The van der Waals surface area contributed by atoms with Crippen LogP contribution in [0.3, 0.4) is 0 Å². The predicted molar refractivity (Wildman–Crippen MR) is 67.5 cm³/mol. The molecule has 3 nitrogen and oxygen atoms in total. The largest absolute Gasteiger partial charge is 0.465 e. The van der Waals surface area contributed by atoms with Gasteiger partial charge in [-0.25, -0.2) is 4.79 Å². The van der Waals surface area contributed by atoms with Crippen molar-refractivity contribution in [1.29, 1.82) is 0 Å². The molecule has 0 amide bonds. The Bertz CT molecular complexity index is 597. The fourth-order valence-electron chi connectivity index (χ4n) is 1.43. The van der Waals surface area contributed by atoms with Crippen molar-refractivity contribution in [3.63, 3.8) is 0 Å². The number of fused-ring (bicyclic) bond motifs is 1. The first-order valence-electron chi connectivity index (χ1n) is 4.77. The summed E-state index contributed by atoms with van der Waals surface area (Å²) in [5, 5.41) is 0.652. The molecule has 1 aromatic heterocycles. The van der Waals surface area contributed by atoms with Crippen LogP contribution in [0.5, 0.6) is 5.75 Å². The number of alkyl halides is 2. The normalized spacial score (nSPS) is 10.9. The number of hydrogen-bond acceptors (Lipinski definition) is 4. The number of ether oxygens (including phenoxy) is 2. The average molecular weight is 337 g/mol. The molecule has 96 valence electrons. The SMILES string of the molecule is COC(=O)c1cc2cc(OC(F)F)c(Br)cc2s1. The van der Waals surface area contributed by atoms with E-state index in [1.165, 1.54) is 24.5 Å². The molecule has 0 N–H and O–H groups in total. The highest BCUT2D eigenvalue weighted by molar-refractivity contribution is 9.10. The Morgan fingerprint density at radius 2 is 2.11 bits per heavy atom. The van der Waals surface area contributed by atoms with Gasteiger partial charge < -0.3 is 9.47 Å². The first-order chi connectivity index (χ1) is 8.51. The van der Waals surface area contributed by atoms with Crippen molar-refractivity contribution < 1.29 is 23.0 Å². The highest BCUT2D eigenvalue weighted by Gasteiger charge is 2.14. The lowest BCUT2D eigenvalue weighted by Crippen LogP contribution is -2.02. The molecule has 0 aliphatic carbocycles. The monoisotopic (exact) mass is 336 g/mol. The minimum atomic E-state index is -2.89. The Labute approximate surface area is 113 Å². The second kappa shape index (κ2) is 5.19. The van der Waals surface area contributed by atoms with Crippen molar-refractivity contribution in [1.82, 2.24) is 0 Å². The molecular weight excluding hydrogens is 330 g/mol. The zero-order valence-electron chi connectivity index (χ0n) is 9.08. The lowest BCUT2D eigenvalue weighted by atomic mass is 10.2. The van der Waals surface area contributed by atoms with Gasteiger partial charge in [-0.1, -0.05) is 0 Å². The van der Waals surface area contributed by atoms with E-state index in [0.717, 1.165) is 4.70 Å². The van der Waals surface area contributed by atoms with E-state index in [0.29, 0.717) is 14.7 Å². The van der Waals surface area contributed by atoms with Gasteiger partial charge in [0.05, 0.1) is 11.6 Å². The number of hydrogen-bond donors (Lipinski definition) is 0. The minimum absolute atomic E-state index is 0.0340. The van der Waals surface area contributed by atoms with E-state index in [4.69, 9.17) is 0 Å². The molecule has 0 fully saturated rings. The second-order valence-electron chi connectivity index (χ2n) is 3.30. The molecule has 0 aliphatic rings. The summed E-state index contributed by atoms with van der Waals surface area (Å²) in [6, 6.07) is 4.66. The van der Waals surface area contributed by atoms with E-state index in [-0.39, 0.29) is 5.75 Å². The van der Waals surface area contributed by atoms with Gasteiger partial charge in [0, 0.05) is 4.70 Å². The summed E-state index contributed by atoms with van der Waals surface area (Å²) in [6.07, 6.45) is 0. The third-order valence-electron chi connectivity index (χ3n) is 2.17. The lowest BCUT2D eigenvalue weighted by molar-refractivity contribution is -0.0502. The number of esters is 1. The van der Waals surface area contributed by atoms with Gasteiger partial charge in [0.25, 0.3) is 0 Å². The first kappa shape index (κ1) is 13.2. The maximum atomic E-state index is 12.2. The van der Waals surface area contributed by atoms with Crippen molar-refractivity contribution in [2.24, 2.45) is 0 Å². The summed E-state index contributed by atoms with van der Waals surface area (Å²) in [5.74, 6) is -0.421. The molecule has 0 unspecified atom stereocenters. The lowest BCUT2D eigenvalue weighted by Gasteiger charge is -2.06. The van der Waals surface area contributed by atoms with Crippen molar-refractivity contribution in [3.8, 4) is 5.75 Å². The number of rotatable bonds is 3. The van der Waals surface area contributed by atoms with Crippen LogP contribution in [0, 0.1) is 0 Å². The zero-order valence-corrected chi connectivity index (χ0v) is 11.5. The van der Waals surface area contributed by atoms with Crippen molar-refractivity contribution >= 4 is 43.3 Å². The number of benzene rings is 1. The summed E-state index contributed by atoms with van der Waals surface area (Å²) < 4.78 is 34.5. The molecule has 1 aromatic carbocycles. The molecule has 0 radical (unpaired) electrons. The number of thiophene rings is 1. The van der Waals surface area contributed by atoms with E-state index in [9.17, 15) is 13.6 Å². The van der Waals surface area contributed by atoms with Gasteiger partial charge in [0.1, 0.15) is 10.6 Å². The summed E-state index contributed by atoms with van der Waals surface area (Å²) >= 11 is 4.37. The number of halogens is 3. The summed E-state index contributed by atoms with van der Waals surface area (Å²) in [5.41, 5.74) is 0. The van der Waals surface area contributed by atoms with Crippen LogP contribution in [0.25, 0.3) is 10.1 Å². The van der Waals surface area contributed by atoms with Crippen LogP contribution >= 0.6 is 27.3 Å². The average Bonchev–Trinajstić information content (AvgIpc) is 2.70. The molecule has 0 aliphatic heterocycles. The van der Waals surface area contributed by atoms with Crippen LogP contribution in [-0.2, 0) is 4.74 Å². The standard InChI is InChI=1S/C11H7BrF2O3S/c1-16-10(15)9-3-5-2-7(17-11(13)14)6(12)4-8(5)18-9/h2-4,11H,1H3. The molecule has 18 heavy (non-hydrogen) atoms. The van der Waals surface area contributed by atoms with E-state index >= 15 is 0 Å². The van der Waals surface area contributed by atoms with E-state index in [1.807, 2.05) is 0 Å². The third kappa shape index (κ3) is 2.62. The Kier molecular flexibility index (Phi) is 3.82. The molecule has 0 bridgehead atoms. The molecular formula is C11H7BrF2O3S. The number of methoxy groups -OCH3 is 1. The van der Waals surface area contributed by atoms with E-state index in [2.05, 4.69) is 25.4 Å². The van der Waals surface area contributed by atoms with Crippen LogP contribution in [0.2, 0.25) is 0 Å². The highest BCUT2D eigenvalue weighted by atomic mass is 79.9. The van der Waals surface area contributed by atoms with Crippen LogP contribution in [0.15, 0.2) is 22.7 Å². The van der Waals surface area contributed by atoms with Gasteiger partial charge in [-0.15, -0.1) is 11.3 Å². The smallest absolute Gasteiger partial charge is 0.387 e. The van der Waals surface area contributed by atoms with Gasteiger partial charge in [0.2, 0.25) is 0 Å². The van der Waals surface area contributed by atoms with Crippen LogP contribution in [-0.4, -0.2) is 19.7 Å². The molecule has 2 aromatic rings. The number of carbonyl (C=O) groups excluding carboxylic acids is 1. The van der Waals surface area contributed by atoms with Crippen LogP contribution in [0.4, 0.5) is 8.78 Å². The molecule has 1 heterocycles. The first-order valence-corrected chi connectivity index (χ1v) is 6.38. The van der Waals surface area contributed by atoms with E-state index in [1.54, 1.807) is 12.1 Å². The molecule has 2 rings (SSSR count).